The van der Waals surface area contributed by atoms with E-state index in [-0.39, 0.29) is 12.5 Å². The number of ether oxygens (including phenoxy) is 3. The Kier molecular flexibility index (Phi) is 5.65. The van der Waals surface area contributed by atoms with Gasteiger partial charge in [0, 0.05) is 23.7 Å². The molecule has 0 saturated carbocycles. The van der Waals surface area contributed by atoms with E-state index in [1.807, 2.05) is 42.5 Å². The molecule has 0 saturated heterocycles. The van der Waals surface area contributed by atoms with Crippen molar-refractivity contribution >= 4 is 5.82 Å². The Morgan fingerprint density at radius 3 is 2.73 bits per heavy atom. The molecule has 0 bridgehead atoms. The molecule has 30 heavy (non-hydrogen) atoms. The van der Waals surface area contributed by atoms with Crippen molar-refractivity contribution in [1.82, 2.24) is 4.98 Å². The van der Waals surface area contributed by atoms with Gasteiger partial charge in [0.25, 0.3) is 0 Å². The molecule has 0 unspecified atom stereocenters. The number of pyridine rings is 1. The van der Waals surface area contributed by atoms with Crippen LogP contribution in [0.1, 0.15) is 20.3 Å². The van der Waals surface area contributed by atoms with Crippen LogP contribution in [-0.4, -0.2) is 30.5 Å². The topological polar surface area (TPSA) is 72.8 Å². The van der Waals surface area contributed by atoms with E-state index in [9.17, 15) is 5.11 Å². The molecule has 0 aliphatic carbocycles. The lowest BCUT2D eigenvalue weighted by atomic mass is 10.0. The predicted molar refractivity (Wildman–Crippen MR) is 117 cm³/mol. The van der Waals surface area contributed by atoms with E-state index in [0.29, 0.717) is 22.9 Å². The molecule has 4 rings (SSSR count). The summed E-state index contributed by atoms with van der Waals surface area (Å²) in [5.41, 5.74) is 3.16. The summed E-state index contributed by atoms with van der Waals surface area (Å²) in [4.78, 5) is 4.75. The second-order valence-electron chi connectivity index (χ2n) is 7.66. The van der Waals surface area contributed by atoms with E-state index in [0.717, 1.165) is 41.4 Å². The number of phenolic OH excluding ortho intramolecular Hbond substituents is 1. The Hall–Kier alpha value is -3.41. The van der Waals surface area contributed by atoms with Gasteiger partial charge in [0.05, 0.1) is 12.8 Å². The van der Waals surface area contributed by atoms with Crippen molar-refractivity contribution in [2.75, 3.05) is 25.8 Å². The zero-order chi connectivity index (χ0) is 21.1. The van der Waals surface area contributed by atoms with Crippen molar-refractivity contribution in [3.63, 3.8) is 0 Å². The summed E-state index contributed by atoms with van der Waals surface area (Å²) in [6.07, 6.45) is 1.03. The molecule has 1 aliphatic heterocycles. The number of methoxy groups -OCH3 is 1. The Bertz CT molecular complexity index is 1050. The van der Waals surface area contributed by atoms with E-state index in [2.05, 4.69) is 19.2 Å². The van der Waals surface area contributed by atoms with E-state index < -0.39 is 0 Å². The van der Waals surface area contributed by atoms with Gasteiger partial charge >= 0.3 is 0 Å². The fourth-order valence-corrected chi connectivity index (χ4v) is 3.42. The smallest absolute Gasteiger partial charge is 0.231 e. The molecule has 6 nitrogen and oxygen atoms in total. The molecule has 1 aromatic heterocycles. The number of benzene rings is 2. The fourth-order valence-electron chi connectivity index (χ4n) is 3.42. The molecule has 3 aromatic rings. The maximum atomic E-state index is 10.5. The molecule has 2 N–H and O–H groups in total. The van der Waals surface area contributed by atoms with Crippen LogP contribution in [0.25, 0.3) is 22.4 Å². The van der Waals surface area contributed by atoms with Crippen LogP contribution in [-0.2, 0) is 0 Å². The average Bonchev–Trinajstić information content (AvgIpc) is 3.22. The minimum atomic E-state index is 0.116. The Balaban J connectivity index is 1.78. The first-order valence-corrected chi connectivity index (χ1v) is 10.1. The quantitative estimate of drug-likeness (QED) is 0.553. The highest BCUT2D eigenvalue weighted by Gasteiger charge is 2.20. The summed E-state index contributed by atoms with van der Waals surface area (Å²) in [6.45, 7) is 5.41. The molecule has 0 radical (unpaired) electrons. The largest absolute Gasteiger partial charge is 0.507 e. The van der Waals surface area contributed by atoms with Crippen molar-refractivity contribution < 1.29 is 19.3 Å². The summed E-state index contributed by atoms with van der Waals surface area (Å²) >= 11 is 0. The van der Waals surface area contributed by atoms with Crippen LogP contribution in [0, 0.1) is 5.92 Å². The Morgan fingerprint density at radius 1 is 1.10 bits per heavy atom. The molecule has 2 heterocycles. The third-order valence-electron chi connectivity index (χ3n) is 5.04. The van der Waals surface area contributed by atoms with Crippen LogP contribution in [0.3, 0.4) is 0 Å². The number of phenols is 1. The third-order valence-corrected chi connectivity index (χ3v) is 5.04. The van der Waals surface area contributed by atoms with Crippen molar-refractivity contribution in [3.8, 4) is 45.4 Å². The van der Waals surface area contributed by atoms with E-state index in [1.54, 1.807) is 13.2 Å². The number of hydrogen-bond donors (Lipinski definition) is 2. The molecule has 1 aliphatic rings. The summed E-state index contributed by atoms with van der Waals surface area (Å²) in [6, 6.07) is 15.0. The first kappa shape index (κ1) is 19.9. The lowest BCUT2D eigenvalue weighted by Crippen LogP contribution is -2.07. The lowest BCUT2D eigenvalue weighted by molar-refractivity contribution is 0.174. The first-order valence-electron chi connectivity index (χ1n) is 10.1. The second kappa shape index (κ2) is 8.53. The summed E-state index contributed by atoms with van der Waals surface area (Å²) in [5, 5.41) is 14.0. The standard InChI is InChI=1S/C24H26N2O4/c1-15(2)9-10-25-23-12-16(18-5-4-6-22-24(18)30-14-29-22)11-20(26-23)19-8-7-17(28-3)13-21(19)27/h4-8,11-13,15,27H,9-10,14H2,1-3H3,(H,25,26). The molecule has 0 fully saturated rings. The Labute approximate surface area is 176 Å². The summed E-state index contributed by atoms with van der Waals surface area (Å²) in [7, 11) is 1.57. The number of nitrogens with one attached hydrogen (secondary N) is 1. The number of anilines is 1. The number of fused-ring (bicyclic) bond motifs is 1. The number of hydrogen-bond acceptors (Lipinski definition) is 6. The van der Waals surface area contributed by atoms with Gasteiger partial charge in [-0.05, 0) is 48.2 Å². The van der Waals surface area contributed by atoms with Gasteiger partial charge < -0.3 is 24.6 Å². The molecular formula is C24H26N2O4. The molecule has 6 heteroatoms. The first-order chi connectivity index (χ1) is 14.5. The van der Waals surface area contributed by atoms with Crippen molar-refractivity contribution in [3.05, 3.63) is 48.5 Å². The highest BCUT2D eigenvalue weighted by Crippen LogP contribution is 2.43. The van der Waals surface area contributed by atoms with Gasteiger partial charge in [-0.2, -0.15) is 0 Å². The minimum Gasteiger partial charge on any atom is -0.507 e. The van der Waals surface area contributed by atoms with Crippen LogP contribution in [0.15, 0.2) is 48.5 Å². The van der Waals surface area contributed by atoms with Crippen LogP contribution >= 0.6 is 0 Å². The van der Waals surface area contributed by atoms with Gasteiger partial charge in [0.1, 0.15) is 17.3 Å². The third kappa shape index (κ3) is 4.13. The van der Waals surface area contributed by atoms with E-state index >= 15 is 0 Å². The monoisotopic (exact) mass is 406 g/mol. The van der Waals surface area contributed by atoms with Gasteiger partial charge in [0.15, 0.2) is 11.5 Å². The van der Waals surface area contributed by atoms with Crippen LogP contribution in [0.4, 0.5) is 5.82 Å². The van der Waals surface area contributed by atoms with Crippen LogP contribution in [0.2, 0.25) is 0 Å². The molecule has 156 valence electrons. The maximum Gasteiger partial charge on any atom is 0.231 e. The van der Waals surface area contributed by atoms with Gasteiger partial charge in [-0.1, -0.05) is 26.0 Å². The van der Waals surface area contributed by atoms with Crippen molar-refractivity contribution in [1.29, 1.82) is 0 Å². The second-order valence-corrected chi connectivity index (χ2v) is 7.66. The highest BCUT2D eigenvalue weighted by atomic mass is 16.7. The summed E-state index contributed by atoms with van der Waals surface area (Å²) < 4.78 is 16.4. The van der Waals surface area contributed by atoms with E-state index in [4.69, 9.17) is 19.2 Å². The molecular weight excluding hydrogens is 380 g/mol. The average molecular weight is 406 g/mol. The highest BCUT2D eigenvalue weighted by molar-refractivity contribution is 5.81. The predicted octanol–water partition coefficient (Wildman–Crippen LogP) is 5.32. The number of para-hydroxylation sites is 1. The SMILES string of the molecule is COc1ccc(-c2cc(-c3cccc4c3OCO4)cc(NCCC(C)C)n2)c(O)c1. The molecule has 2 aromatic carbocycles. The normalized spacial score (nSPS) is 12.3. The zero-order valence-electron chi connectivity index (χ0n) is 17.4. The Morgan fingerprint density at radius 2 is 1.97 bits per heavy atom. The van der Waals surface area contributed by atoms with Gasteiger partial charge in [-0.3, -0.25) is 0 Å². The van der Waals surface area contributed by atoms with Crippen LogP contribution in [0.5, 0.6) is 23.0 Å². The van der Waals surface area contributed by atoms with Crippen molar-refractivity contribution in [2.45, 2.75) is 20.3 Å². The molecule has 0 spiro atoms. The zero-order valence-corrected chi connectivity index (χ0v) is 17.4. The lowest BCUT2D eigenvalue weighted by Gasteiger charge is -2.14. The van der Waals surface area contributed by atoms with Gasteiger partial charge in [-0.15, -0.1) is 0 Å². The van der Waals surface area contributed by atoms with Crippen LogP contribution < -0.4 is 19.5 Å². The maximum absolute atomic E-state index is 10.5. The number of aromatic nitrogens is 1. The number of aromatic hydroxyl groups is 1. The van der Waals surface area contributed by atoms with Gasteiger partial charge in [-0.25, -0.2) is 4.98 Å². The molecule has 0 amide bonds. The minimum absolute atomic E-state index is 0.116. The number of rotatable bonds is 7. The van der Waals surface area contributed by atoms with Crippen molar-refractivity contribution in [2.24, 2.45) is 5.92 Å². The van der Waals surface area contributed by atoms with E-state index in [1.165, 1.54) is 0 Å². The fraction of sp³-hybridized carbons (Fsp3) is 0.292. The number of nitrogens with zero attached hydrogens (tertiary/aromatic N) is 1. The summed E-state index contributed by atoms with van der Waals surface area (Å²) in [5.74, 6) is 3.50. The molecule has 0 atom stereocenters. The van der Waals surface area contributed by atoms with Gasteiger partial charge in [0.2, 0.25) is 6.79 Å².